The van der Waals surface area contributed by atoms with E-state index in [1.165, 1.54) is 0 Å². The molecule has 0 radical (unpaired) electrons. The third-order valence-electron chi connectivity index (χ3n) is 2.59. The van der Waals surface area contributed by atoms with Crippen molar-refractivity contribution >= 4 is 0 Å². The molecular formula is C8H14O5. The normalized spacial score (nSPS) is 49.6. The monoisotopic (exact) mass is 190 g/mol. The smallest absolute Gasteiger partial charge is 0.187 e. The zero-order chi connectivity index (χ0) is 9.42. The van der Waals surface area contributed by atoms with Gasteiger partial charge in [0, 0.05) is 14.2 Å². The Morgan fingerprint density at radius 1 is 1.23 bits per heavy atom. The van der Waals surface area contributed by atoms with E-state index in [2.05, 4.69) is 0 Å². The van der Waals surface area contributed by atoms with Gasteiger partial charge in [-0.2, -0.15) is 0 Å². The molecule has 13 heavy (non-hydrogen) atoms. The number of methoxy groups -OCH3 is 2. The highest BCUT2D eigenvalue weighted by atomic mass is 16.8. The molecule has 76 valence electrons. The van der Waals surface area contributed by atoms with Crippen LogP contribution in [0, 0.1) is 0 Å². The molecule has 0 amide bonds. The summed E-state index contributed by atoms with van der Waals surface area (Å²) in [5.74, 6) is 0. The van der Waals surface area contributed by atoms with Crippen LogP contribution in [0.1, 0.15) is 0 Å². The molecular weight excluding hydrogens is 176 g/mol. The van der Waals surface area contributed by atoms with Gasteiger partial charge in [-0.1, -0.05) is 0 Å². The van der Waals surface area contributed by atoms with E-state index in [-0.39, 0.29) is 18.3 Å². The molecule has 2 heterocycles. The van der Waals surface area contributed by atoms with Gasteiger partial charge in [0.05, 0.1) is 6.61 Å². The summed E-state index contributed by atoms with van der Waals surface area (Å²) in [6, 6.07) is 0. The van der Waals surface area contributed by atoms with Gasteiger partial charge in [-0.15, -0.1) is 0 Å². The fraction of sp³-hybridized carbons (Fsp3) is 1.00. The van der Waals surface area contributed by atoms with E-state index in [0.29, 0.717) is 6.61 Å². The van der Waals surface area contributed by atoms with Crippen molar-refractivity contribution in [3.63, 3.8) is 0 Å². The van der Waals surface area contributed by atoms with Crippen molar-refractivity contribution in [1.82, 2.24) is 0 Å². The molecule has 0 spiro atoms. The summed E-state index contributed by atoms with van der Waals surface area (Å²) in [5, 5.41) is 9.75. The molecule has 2 fully saturated rings. The predicted octanol–water partition coefficient (Wildman–Crippen LogP) is -0.868. The first-order valence-electron chi connectivity index (χ1n) is 4.28. The van der Waals surface area contributed by atoms with Gasteiger partial charge in [0.1, 0.15) is 24.4 Å². The fourth-order valence-electron chi connectivity index (χ4n) is 1.87. The van der Waals surface area contributed by atoms with Gasteiger partial charge in [-0.25, -0.2) is 0 Å². The molecule has 2 bridgehead atoms. The van der Waals surface area contributed by atoms with Gasteiger partial charge in [-0.05, 0) is 0 Å². The second-order valence-electron chi connectivity index (χ2n) is 3.27. The Morgan fingerprint density at radius 3 is 2.54 bits per heavy atom. The van der Waals surface area contributed by atoms with Crippen molar-refractivity contribution in [2.75, 3.05) is 20.8 Å². The van der Waals surface area contributed by atoms with Crippen molar-refractivity contribution in [2.45, 2.75) is 30.7 Å². The minimum absolute atomic E-state index is 0.277. The number of hydrogen-bond donors (Lipinski definition) is 1. The van der Waals surface area contributed by atoms with Gasteiger partial charge < -0.3 is 24.1 Å². The first kappa shape index (κ1) is 9.36. The molecule has 0 aromatic heterocycles. The first-order chi connectivity index (χ1) is 6.27. The van der Waals surface area contributed by atoms with E-state index in [4.69, 9.17) is 18.9 Å². The van der Waals surface area contributed by atoms with E-state index in [9.17, 15) is 5.11 Å². The second-order valence-corrected chi connectivity index (χ2v) is 3.27. The first-order valence-corrected chi connectivity index (χ1v) is 4.28. The maximum absolute atomic E-state index is 9.75. The molecule has 2 aliphatic rings. The van der Waals surface area contributed by atoms with Crippen LogP contribution in [-0.4, -0.2) is 56.6 Å². The molecule has 2 saturated heterocycles. The minimum Gasteiger partial charge on any atom is -0.387 e. The Balaban J connectivity index is 2.15. The van der Waals surface area contributed by atoms with E-state index in [0.717, 1.165) is 0 Å². The molecule has 2 rings (SSSR count). The molecule has 5 heteroatoms. The van der Waals surface area contributed by atoms with E-state index >= 15 is 0 Å². The zero-order valence-electron chi connectivity index (χ0n) is 7.67. The molecule has 0 aromatic rings. The van der Waals surface area contributed by atoms with Crippen LogP contribution in [0.3, 0.4) is 0 Å². The summed E-state index contributed by atoms with van der Waals surface area (Å²) < 4.78 is 21.0. The Labute approximate surface area is 76.5 Å². The second kappa shape index (κ2) is 3.51. The van der Waals surface area contributed by atoms with E-state index < -0.39 is 12.4 Å². The lowest BCUT2D eigenvalue weighted by Crippen LogP contribution is -2.55. The highest BCUT2D eigenvalue weighted by molar-refractivity contribution is 4.94. The standard InChI is InChI=1S/C8H14O5/c1-10-6-5(9)4-3-12-8(13-4)7(6)11-2/h4-9H,3H2,1-2H3. The van der Waals surface area contributed by atoms with E-state index in [1.54, 1.807) is 14.2 Å². The summed E-state index contributed by atoms with van der Waals surface area (Å²) in [5.41, 5.74) is 0. The summed E-state index contributed by atoms with van der Waals surface area (Å²) >= 11 is 0. The number of hydrogen-bond acceptors (Lipinski definition) is 5. The SMILES string of the molecule is COC1C2OCC(O2)C(O)C1OC. The Bertz CT molecular complexity index is 181. The molecule has 2 aliphatic heterocycles. The van der Waals surface area contributed by atoms with Crippen molar-refractivity contribution in [3.05, 3.63) is 0 Å². The van der Waals surface area contributed by atoms with Crippen molar-refractivity contribution < 1.29 is 24.1 Å². The average Bonchev–Trinajstić information content (AvgIpc) is 2.57. The van der Waals surface area contributed by atoms with Gasteiger partial charge >= 0.3 is 0 Å². The average molecular weight is 190 g/mol. The quantitative estimate of drug-likeness (QED) is 0.613. The Hall–Kier alpha value is -0.200. The van der Waals surface area contributed by atoms with Crippen LogP contribution in [-0.2, 0) is 18.9 Å². The molecule has 0 saturated carbocycles. The summed E-state index contributed by atoms with van der Waals surface area (Å²) in [6.45, 7) is 0.408. The topological polar surface area (TPSA) is 57.2 Å². The number of fused-ring (bicyclic) bond motifs is 2. The summed E-state index contributed by atoms with van der Waals surface area (Å²) in [6.07, 6.45) is -2.06. The summed E-state index contributed by atoms with van der Waals surface area (Å²) in [7, 11) is 3.10. The fourth-order valence-corrected chi connectivity index (χ4v) is 1.87. The van der Waals surface area contributed by atoms with Gasteiger partial charge in [0.25, 0.3) is 0 Å². The van der Waals surface area contributed by atoms with E-state index in [1.807, 2.05) is 0 Å². The van der Waals surface area contributed by atoms with Crippen LogP contribution in [0.5, 0.6) is 0 Å². The maximum Gasteiger partial charge on any atom is 0.187 e. The Morgan fingerprint density at radius 2 is 1.92 bits per heavy atom. The molecule has 5 unspecified atom stereocenters. The van der Waals surface area contributed by atoms with Crippen LogP contribution in [0.25, 0.3) is 0 Å². The van der Waals surface area contributed by atoms with Crippen LogP contribution in [0.2, 0.25) is 0 Å². The van der Waals surface area contributed by atoms with Crippen molar-refractivity contribution in [2.24, 2.45) is 0 Å². The molecule has 0 aromatic carbocycles. The van der Waals surface area contributed by atoms with Crippen molar-refractivity contribution in [1.29, 1.82) is 0 Å². The number of ether oxygens (including phenoxy) is 4. The lowest BCUT2D eigenvalue weighted by molar-refractivity contribution is -0.242. The predicted molar refractivity (Wildman–Crippen MR) is 42.2 cm³/mol. The van der Waals surface area contributed by atoms with Crippen LogP contribution in [0.4, 0.5) is 0 Å². The molecule has 1 N–H and O–H groups in total. The van der Waals surface area contributed by atoms with Crippen LogP contribution in [0.15, 0.2) is 0 Å². The maximum atomic E-state index is 9.75. The highest BCUT2D eigenvalue weighted by Crippen LogP contribution is 2.30. The Kier molecular flexibility index (Phi) is 2.53. The van der Waals surface area contributed by atoms with Crippen LogP contribution < -0.4 is 0 Å². The number of aliphatic hydroxyl groups is 1. The van der Waals surface area contributed by atoms with Gasteiger partial charge in [0.15, 0.2) is 6.29 Å². The van der Waals surface area contributed by atoms with Gasteiger partial charge in [-0.3, -0.25) is 0 Å². The number of rotatable bonds is 2. The van der Waals surface area contributed by atoms with Crippen molar-refractivity contribution in [3.8, 4) is 0 Å². The number of aliphatic hydroxyl groups excluding tert-OH is 1. The third kappa shape index (κ3) is 1.37. The lowest BCUT2D eigenvalue weighted by Gasteiger charge is -2.36. The lowest BCUT2D eigenvalue weighted by atomic mass is 10.0. The summed E-state index contributed by atoms with van der Waals surface area (Å²) in [4.78, 5) is 0. The highest BCUT2D eigenvalue weighted by Gasteiger charge is 2.50. The van der Waals surface area contributed by atoms with Gasteiger partial charge in [0.2, 0.25) is 0 Å². The third-order valence-corrected chi connectivity index (χ3v) is 2.59. The largest absolute Gasteiger partial charge is 0.387 e. The molecule has 5 nitrogen and oxygen atoms in total. The zero-order valence-corrected chi connectivity index (χ0v) is 7.67. The van der Waals surface area contributed by atoms with Crippen LogP contribution >= 0.6 is 0 Å². The molecule has 5 atom stereocenters. The minimum atomic E-state index is -0.673. The molecule has 0 aliphatic carbocycles.